The van der Waals surface area contributed by atoms with Gasteiger partial charge in [-0.3, -0.25) is 9.59 Å². The van der Waals surface area contributed by atoms with Gasteiger partial charge in [-0.2, -0.15) is 0 Å². The third-order valence-corrected chi connectivity index (χ3v) is 4.70. The van der Waals surface area contributed by atoms with Crippen LogP contribution in [0.2, 0.25) is 0 Å². The van der Waals surface area contributed by atoms with E-state index in [-0.39, 0.29) is 30.1 Å². The van der Waals surface area contributed by atoms with Crippen molar-refractivity contribution >= 4 is 27.7 Å². The van der Waals surface area contributed by atoms with E-state index in [1.54, 1.807) is 24.1 Å². The normalized spacial score (nSPS) is 11.6. The molecular formula is C21H24BrFN2O3. The molecule has 2 aromatic rings. The van der Waals surface area contributed by atoms with E-state index in [1.165, 1.54) is 19.1 Å². The Morgan fingerprint density at radius 3 is 2.39 bits per heavy atom. The minimum atomic E-state index is -0.379. The van der Waals surface area contributed by atoms with Gasteiger partial charge < -0.3 is 15.0 Å². The summed E-state index contributed by atoms with van der Waals surface area (Å²) in [5, 5.41) is 2.84. The third kappa shape index (κ3) is 7.31. The van der Waals surface area contributed by atoms with Crippen LogP contribution in [-0.2, 0) is 9.59 Å². The number of rotatable bonds is 9. The average molecular weight is 451 g/mol. The summed E-state index contributed by atoms with van der Waals surface area (Å²) in [6, 6.07) is 13.0. The highest BCUT2D eigenvalue weighted by molar-refractivity contribution is 9.10. The van der Waals surface area contributed by atoms with Crippen LogP contribution in [-0.4, -0.2) is 36.9 Å². The van der Waals surface area contributed by atoms with Crippen molar-refractivity contribution < 1.29 is 18.7 Å². The molecule has 1 N–H and O–H groups in total. The molecule has 0 radical (unpaired) electrons. The Bertz CT molecular complexity index is 781. The molecule has 0 aromatic heterocycles. The van der Waals surface area contributed by atoms with Gasteiger partial charge in [0.2, 0.25) is 11.8 Å². The van der Waals surface area contributed by atoms with Gasteiger partial charge in [0.1, 0.15) is 11.6 Å². The Labute approximate surface area is 173 Å². The highest BCUT2D eigenvalue weighted by Crippen LogP contribution is 2.20. The molecule has 5 nitrogen and oxygen atoms in total. The Morgan fingerprint density at radius 1 is 1.14 bits per heavy atom. The number of amides is 2. The molecule has 0 fully saturated rings. The van der Waals surface area contributed by atoms with E-state index >= 15 is 0 Å². The molecule has 0 aliphatic heterocycles. The molecule has 7 heteroatoms. The van der Waals surface area contributed by atoms with E-state index in [0.717, 1.165) is 10.0 Å². The van der Waals surface area contributed by atoms with E-state index in [2.05, 4.69) is 21.2 Å². The summed E-state index contributed by atoms with van der Waals surface area (Å²) in [6.07, 6.45) is 0.819. The first-order chi connectivity index (χ1) is 13.3. The zero-order valence-corrected chi connectivity index (χ0v) is 17.5. The summed E-state index contributed by atoms with van der Waals surface area (Å²) in [5.74, 6) is 0.0352. The standard InChI is InChI=1S/C21H24BrFN2O3/c1-15(26)24-20(16-4-6-17(22)7-5-16)14-21(27)25(2)12-3-13-28-19-10-8-18(23)9-11-19/h4-11,20H,3,12-14H2,1-2H3,(H,24,26). The van der Waals surface area contributed by atoms with Gasteiger partial charge >= 0.3 is 0 Å². The SMILES string of the molecule is CC(=O)NC(CC(=O)N(C)CCCOc1ccc(F)cc1)c1ccc(Br)cc1. The minimum Gasteiger partial charge on any atom is -0.494 e. The minimum absolute atomic E-state index is 0.0662. The van der Waals surface area contributed by atoms with Gasteiger partial charge in [0.15, 0.2) is 0 Å². The molecule has 0 aliphatic carbocycles. The van der Waals surface area contributed by atoms with Crippen molar-refractivity contribution in [3.05, 3.63) is 64.4 Å². The number of halogens is 2. The summed E-state index contributed by atoms with van der Waals surface area (Å²) >= 11 is 3.38. The maximum atomic E-state index is 12.9. The summed E-state index contributed by atoms with van der Waals surface area (Å²) in [6.45, 7) is 2.38. The molecule has 1 unspecified atom stereocenters. The van der Waals surface area contributed by atoms with Crippen LogP contribution in [0, 0.1) is 5.82 Å². The van der Waals surface area contributed by atoms with Crippen molar-refractivity contribution in [3.63, 3.8) is 0 Å². The zero-order chi connectivity index (χ0) is 20.5. The van der Waals surface area contributed by atoms with Crippen LogP contribution in [0.25, 0.3) is 0 Å². The molecule has 2 amide bonds. The van der Waals surface area contributed by atoms with Crippen LogP contribution in [0.15, 0.2) is 53.0 Å². The molecule has 0 spiro atoms. The van der Waals surface area contributed by atoms with E-state index in [1.807, 2.05) is 24.3 Å². The fraction of sp³-hybridized carbons (Fsp3) is 0.333. The van der Waals surface area contributed by atoms with Crippen LogP contribution in [0.1, 0.15) is 31.4 Å². The van der Waals surface area contributed by atoms with E-state index < -0.39 is 0 Å². The second kappa shape index (κ2) is 10.8. The van der Waals surface area contributed by atoms with Gasteiger partial charge in [0.05, 0.1) is 19.1 Å². The predicted octanol–water partition coefficient (Wildman–Crippen LogP) is 4.08. The van der Waals surface area contributed by atoms with E-state index in [0.29, 0.717) is 25.3 Å². The molecule has 0 saturated heterocycles. The number of nitrogens with zero attached hydrogens (tertiary/aromatic N) is 1. The number of ether oxygens (including phenoxy) is 1. The molecule has 0 aliphatic rings. The molecule has 1 atom stereocenters. The van der Waals surface area contributed by atoms with Gasteiger partial charge in [-0.1, -0.05) is 28.1 Å². The van der Waals surface area contributed by atoms with Crippen LogP contribution in [0.4, 0.5) is 4.39 Å². The lowest BCUT2D eigenvalue weighted by atomic mass is 10.0. The number of nitrogens with one attached hydrogen (secondary N) is 1. The summed E-state index contributed by atoms with van der Waals surface area (Å²) in [7, 11) is 1.73. The topological polar surface area (TPSA) is 58.6 Å². The van der Waals surface area contributed by atoms with Gasteiger partial charge in [-0.15, -0.1) is 0 Å². The summed E-state index contributed by atoms with van der Waals surface area (Å²) < 4.78 is 19.3. The van der Waals surface area contributed by atoms with Crippen molar-refractivity contribution in [2.45, 2.75) is 25.8 Å². The first kappa shape index (κ1) is 21.9. The highest BCUT2D eigenvalue weighted by Gasteiger charge is 2.19. The molecule has 2 aromatic carbocycles. The Kier molecular flexibility index (Phi) is 8.44. The number of carbonyl (C=O) groups is 2. The molecule has 150 valence electrons. The Hall–Kier alpha value is -2.41. The Balaban J connectivity index is 1.83. The quantitative estimate of drug-likeness (QED) is 0.585. The fourth-order valence-electron chi connectivity index (χ4n) is 2.67. The average Bonchev–Trinajstić information content (AvgIpc) is 2.66. The second-order valence-electron chi connectivity index (χ2n) is 6.48. The van der Waals surface area contributed by atoms with Crippen LogP contribution in [0.5, 0.6) is 5.75 Å². The molecule has 0 heterocycles. The first-order valence-corrected chi connectivity index (χ1v) is 9.79. The predicted molar refractivity (Wildman–Crippen MR) is 109 cm³/mol. The van der Waals surface area contributed by atoms with Gasteiger partial charge in [0.25, 0.3) is 0 Å². The number of hydrogen-bond donors (Lipinski definition) is 1. The highest BCUT2D eigenvalue weighted by atomic mass is 79.9. The molecule has 0 bridgehead atoms. The van der Waals surface area contributed by atoms with Crippen molar-refractivity contribution in [1.82, 2.24) is 10.2 Å². The van der Waals surface area contributed by atoms with Crippen molar-refractivity contribution in [2.24, 2.45) is 0 Å². The number of carbonyl (C=O) groups excluding carboxylic acids is 2. The van der Waals surface area contributed by atoms with Crippen LogP contribution < -0.4 is 10.1 Å². The smallest absolute Gasteiger partial charge is 0.224 e. The second-order valence-corrected chi connectivity index (χ2v) is 7.40. The molecule has 0 saturated carbocycles. The molecule has 2 rings (SSSR count). The van der Waals surface area contributed by atoms with Gasteiger partial charge in [0, 0.05) is 25.0 Å². The van der Waals surface area contributed by atoms with Crippen LogP contribution >= 0.6 is 15.9 Å². The lowest BCUT2D eigenvalue weighted by molar-refractivity contribution is -0.130. The number of benzene rings is 2. The summed E-state index contributed by atoms with van der Waals surface area (Å²) in [4.78, 5) is 25.7. The molecule has 28 heavy (non-hydrogen) atoms. The maximum absolute atomic E-state index is 12.9. The lowest BCUT2D eigenvalue weighted by Crippen LogP contribution is -2.34. The number of hydrogen-bond acceptors (Lipinski definition) is 3. The first-order valence-electron chi connectivity index (χ1n) is 9.00. The van der Waals surface area contributed by atoms with Gasteiger partial charge in [-0.05, 0) is 48.4 Å². The van der Waals surface area contributed by atoms with Gasteiger partial charge in [-0.25, -0.2) is 4.39 Å². The van der Waals surface area contributed by atoms with Crippen LogP contribution in [0.3, 0.4) is 0 Å². The monoisotopic (exact) mass is 450 g/mol. The van der Waals surface area contributed by atoms with Crippen molar-refractivity contribution in [3.8, 4) is 5.75 Å². The maximum Gasteiger partial charge on any atom is 0.224 e. The Morgan fingerprint density at radius 2 is 1.79 bits per heavy atom. The summed E-state index contributed by atoms with van der Waals surface area (Å²) in [5.41, 5.74) is 0.875. The van der Waals surface area contributed by atoms with E-state index in [9.17, 15) is 14.0 Å². The van der Waals surface area contributed by atoms with E-state index in [4.69, 9.17) is 4.74 Å². The zero-order valence-electron chi connectivity index (χ0n) is 16.0. The molecular weight excluding hydrogens is 427 g/mol. The van der Waals surface area contributed by atoms with Crippen molar-refractivity contribution in [2.75, 3.05) is 20.2 Å². The largest absolute Gasteiger partial charge is 0.494 e. The lowest BCUT2D eigenvalue weighted by Gasteiger charge is -2.22. The fourth-order valence-corrected chi connectivity index (χ4v) is 2.93. The van der Waals surface area contributed by atoms with Crippen molar-refractivity contribution in [1.29, 1.82) is 0 Å². The third-order valence-electron chi connectivity index (χ3n) is 4.17.